The van der Waals surface area contributed by atoms with E-state index in [2.05, 4.69) is 10.6 Å². The quantitative estimate of drug-likeness (QED) is 0.824. The van der Waals surface area contributed by atoms with Crippen molar-refractivity contribution in [1.82, 2.24) is 10.2 Å². The van der Waals surface area contributed by atoms with Gasteiger partial charge in [-0.25, -0.2) is 4.79 Å². The molecule has 2 N–H and O–H groups in total. The van der Waals surface area contributed by atoms with Crippen molar-refractivity contribution >= 4 is 17.6 Å². The second kappa shape index (κ2) is 9.62. The molecule has 1 heterocycles. The van der Waals surface area contributed by atoms with Crippen molar-refractivity contribution in [2.45, 2.75) is 12.8 Å². The molecule has 1 saturated heterocycles. The van der Waals surface area contributed by atoms with Gasteiger partial charge in [-0.15, -0.1) is 0 Å². The summed E-state index contributed by atoms with van der Waals surface area (Å²) in [6.45, 7) is 2.07. The van der Waals surface area contributed by atoms with Crippen LogP contribution in [0.4, 0.5) is 10.5 Å². The maximum atomic E-state index is 12.3. The van der Waals surface area contributed by atoms with Gasteiger partial charge < -0.3 is 20.3 Å². The SMILES string of the molecule is O=C(NCC1CCN(C(=O)COc2ccccc2)CC1)Nc1ccccc1. The number of ether oxygens (including phenoxy) is 1. The van der Waals surface area contributed by atoms with Gasteiger partial charge in [-0.3, -0.25) is 4.79 Å². The molecule has 6 heteroatoms. The van der Waals surface area contributed by atoms with E-state index in [1.165, 1.54) is 0 Å². The number of nitrogens with zero attached hydrogens (tertiary/aromatic N) is 1. The minimum absolute atomic E-state index is 0.00656. The van der Waals surface area contributed by atoms with Crippen molar-refractivity contribution in [2.75, 3.05) is 31.6 Å². The van der Waals surface area contributed by atoms with Crippen LogP contribution < -0.4 is 15.4 Å². The van der Waals surface area contributed by atoms with Crippen LogP contribution >= 0.6 is 0 Å². The molecule has 0 bridgehead atoms. The fourth-order valence-corrected chi connectivity index (χ4v) is 3.07. The second-order valence-corrected chi connectivity index (χ2v) is 6.63. The zero-order valence-electron chi connectivity index (χ0n) is 15.3. The van der Waals surface area contributed by atoms with Crippen molar-refractivity contribution in [3.8, 4) is 5.75 Å². The summed E-state index contributed by atoms with van der Waals surface area (Å²) in [4.78, 5) is 26.0. The Kier molecular flexibility index (Phi) is 6.68. The molecule has 0 spiro atoms. The summed E-state index contributed by atoms with van der Waals surface area (Å²) < 4.78 is 5.53. The predicted molar refractivity (Wildman–Crippen MR) is 105 cm³/mol. The topological polar surface area (TPSA) is 70.7 Å². The molecule has 0 saturated carbocycles. The van der Waals surface area contributed by atoms with Gasteiger partial charge >= 0.3 is 6.03 Å². The molecule has 142 valence electrons. The van der Waals surface area contributed by atoms with Gasteiger partial charge in [0.1, 0.15) is 5.75 Å². The van der Waals surface area contributed by atoms with Crippen molar-refractivity contribution in [3.05, 3.63) is 60.7 Å². The summed E-state index contributed by atoms with van der Waals surface area (Å²) in [5.74, 6) is 1.09. The maximum Gasteiger partial charge on any atom is 0.319 e. The lowest BCUT2D eigenvalue weighted by Crippen LogP contribution is -2.43. The molecule has 0 radical (unpaired) electrons. The van der Waals surface area contributed by atoms with Gasteiger partial charge in [0.2, 0.25) is 0 Å². The van der Waals surface area contributed by atoms with Crippen LogP contribution in [0.3, 0.4) is 0 Å². The van der Waals surface area contributed by atoms with Gasteiger partial charge in [-0.05, 0) is 43.0 Å². The van der Waals surface area contributed by atoms with Crippen molar-refractivity contribution < 1.29 is 14.3 Å². The highest BCUT2D eigenvalue weighted by molar-refractivity contribution is 5.89. The summed E-state index contributed by atoms with van der Waals surface area (Å²) >= 11 is 0. The highest BCUT2D eigenvalue weighted by Gasteiger charge is 2.23. The first kappa shape index (κ1) is 18.8. The molecule has 2 aromatic carbocycles. The standard InChI is InChI=1S/C21H25N3O3/c25-20(16-27-19-9-5-2-6-10-19)24-13-11-17(12-14-24)15-22-21(26)23-18-7-3-1-4-8-18/h1-10,17H,11-16H2,(H2,22,23,26). The van der Waals surface area contributed by atoms with Gasteiger partial charge in [-0.1, -0.05) is 36.4 Å². The monoisotopic (exact) mass is 367 g/mol. The number of rotatable bonds is 6. The van der Waals surface area contributed by atoms with E-state index < -0.39 is 0 Å². The fourth-order valence-electron chi connectivity index (χ4n) is 3.07. The third-order valence-corrected chi connectivity index (χ3v) is 4.66. The highest BCUT2D eigenvalue weighted by Crippen LogP contribution is 2.17. The van der Waals surface area contributed by atoms with Crippen LogP contribution in [0.1, 0.15) is 12.8 Å². The van der Waals surface area contributed by atoms with E-state index in [0.717, 1.165) is 18.5 Å². The molecule has 0 atom stereocenters. The van der Waals surface area contributed by atoms with Crippen LogP contribution in [0, 0.1) is 5.92 Å². The molecular weight excluding hydrogens is 342 g/mol. The molecule has 0 aliphatic carbocycles. The molecule has 3 rings (SSSR count). The molecule has 1 fully saturated rings. The largest absolute Gasteiger partial charge is 0.484 e. The van der Waals surface area contributed by atoms with Crippen LogP contribution in [-0.4, -0.2) is 43.1 Å². The first-order valence-electron chi connectivity index (χ1n) is 9.26. The van der Waals surface area contributed by atoms with Gasteiger partial charge in [0, 0.05) is 25.3 Å². The molecule has 1 aliphatic heterocycles. The number of hydrogen-bond donors (Lipinski definition) is 2. The summed E-state index contributed by atoms with van der Waals surface area (Å²) in [6, 6.07) is 18.5. The number of para-hydroxylation sites is 2. The third kappa shape index (κ3) is 6.02. The lowest BCUT2D eigenvalue weighted by atomic mass is 9.97. The molecule has 0 aromatic heterocycles. The number of nitrogens with one attached hydrogen (secondary N) is 2. The molecule has 6 nitrogen and oxygen atoms in total. The number of likely N-dealkylation sites (tertiary alicyclic amines) is 1. The number of anilines is 1. The van der Waals surface area contributed by atoms with Gasteiger partial charge in [0.05, 0.1) is 0 Å². The van der Waals surface area contributed by atoms with Crippen molar-refractivity contribution in [2.24, 2.45) is 5.92 Å². The Morgan fingerprint density at radius 1 is 0.963 bits per heavy atom. The molecule has 0 unspecified atom stereocenters. The molecule has 3 amide bonds. The van der Waals surface area contributed by atoms with E-state index >= 15 is 0 Å². The molecule has 27 heavy (non-hydrogen) atoms. The van der Waals surface area contributed by atoms with Crippen LogP contribution in [0.15, 0.2) is 60.7 Å². The number of benzene rings is 2. The van der Waals surface area contributed by atoms with Crippen LogP contribution in [0.25, 0.3) is 0 Å². The zero-order valence-corrected chi connectivity index (χ0v) is 15.3. The number of carbonyl (C=O) groups is 2. The predicted octanol–water partition coefficient (Wildman–Crippen LogP) is 3.13. The van der Waals surface area contributed by atoms with E-state index in [-0.39, 0.29) is 18.5 Å². The van der Waals surface area contributed by atoms with Crippen LogP contribution in [0.5, 0.6) is 5.75 Å². The summed E-state index contributed by atoms with van der Waals surface area (Å²) in [5.41, 5.74) is 0.772. The molecular formula is C21H25N3O3. The highest BCUT2D eigenvalue weighted by atomic mass is 16.5. The van der Waals surface area contributed by atoms with E-state index in [1.54, 1.807) is 0 Å². The first-order valence-corrected chi connectivity index (χ1v) is 9.26. The Morgan fingerprint density at radius 3 is 2.26 bits per heavy atom. The average Bonchev–Trinajstić information content (AvgIpc) is 2.72. The fraction of sp³-hybridized carbons (Fsp3) is 0.333. The second-order valence-electron chi connectivity index (χ2n) is 6.63. The van der Waals surface area contributed by atoms with E-state index in [4.69, 9.17) is 4.74 Å². The maximum absolute atomic E-state index is 12.3. The van der Waals surface area contributed by atoms with Crippen LogP contribution in [-0.2, 0) is 4.79 Å². The first-order chi connectivity index (χ1) is 13.2. The third-order valence-electron chi connectivity index (χ3n) is 4.66. The Bertz CT molecular complexity index is 729. The lowest BCUT2D eigenvalue weighted by Gasteiger charge is -2.32. The van der Waals surface area contributed by atoms with Crippen molar-refractivity contribution in [3.63, 3.8) is 0 Å². The van der Waals surface area contributed by atoms with E-state index in [1.807, 2.05) is 65.6 Å². The number of amides is 3. The smallest absolute Gasteiger partial charge is 0.319 e. The Hall–Kier alpha value is -3.02. The van der Waals surface area contributed by atoms with Crippen molar-refractivity contribution in [1.29, 1.82) is 0 Å². The average molecular weight is 367 g/mol. The number of carbonyl (C=O) groups excluding carboxylic acids is 2. The van der Waals surface area contributed by atoms with Gasteiger partial charge in [-0.2, -0.15) is 0 Å². The Balaban J connectivity index is 1.33. The summed E-state index contributed by atoms with van der Waals surface area (Å²) in [7, 11) is 0. The number of urea groups is 1. The number of piperidine rings is 1. The van der Waals surface area contributed by atoms with E-state index in [0.29, 0.717) is 31.3 Å². The summed E-state index contributed by atoms with van der Waals surface area (Å²) in [5, 5.41) is 5.72. The van der Waals surface area contributed by atoms with E-state index in [9.17, 15) is 9.59 Å². The molecule has 1 aliphatic rings. The van der Waals surface area contributed by atoms with Gasteiger partial charge in [0.15, 0.2) is 6.61 Å². The zero-order chi connectivity index (χ0) is 18.9. The Morgan fingerprint density at radius 2 is 1.59 bits per heavy atom. The summed E-state index contributed by atoms with van der Waals surface area (Å²) in [6.07, 6.45) is 1.76. The van der Waals surface area contributed by atoms with Gasteiger partial charge in [0.25, 0.3) is 5.91 Å². The Labute approximate surface area is 159 Å². The number of hydrogen-bond acceptors (Lipinski definition) is 3. The minimum Gasteiger partial charge on any atom is -0.484 e. The minimum atomic E-state index is -0.198. The lowest BCUT2D eigenvalue weighted by molar-refractivity contribution is -0.134. The molecule has 2 aromatic rings. The normalized spacial score (nSPS) is 14.4. The van der Waals surface area contributed by atoms with Crippen LogP contribution in [0.2, 0.25) is 0 Å².